The zero-order valence-electron chi connectivity index (χ0n) is 10.9. The molecule has 9 heteroatoms. The van der Waals surface area contributed by atoms with Crippen molar-refractivity contribution in [1.29, 1.82) is 0 Å². The molecule has 1 heterocycles. The highest BCUT2D eigenvalue weighted by atomic mass is 35.5. The second-order valence-corrected chi connectivity index (χ2v) is 4.30. The number of benzene rings is 1. The Bertz CT molecular complexity index is 604. The molecule has 0 fully saturated rings. The van der Waals surface area contributed by atoms with E-state index in [0.717, 1.165) is 0 Å². The molecule has 0 bridgehead atoms. The van der Waals surface area contributed by atoms with Gasteiger partial charge in [-0.2, -0.15) is 0 Å². The van der Waals surface area contributed by atoms with Gasteiger partial charge in [0.15, 0.2) is 18.1 Å². The molecular weight excluding hydrogens is 304 g/mol. The van der Waals surface area contributed by atoms with Gasteiger partial charge in [-0.1, -0.05) is 11.6 Å². The molecule has 0 spiro atoms. The van der Waals surface area contributed by atoms with E-state index in [-0.39, 0.29) is 17.4 Å². The summed E-state index contributed by atoms with van der Waals surface area (Å²) in [5, 5.41) is 4.34. The van der Waals surface area contributed by atoms with Gasteiger partial charge in [0.25, 0.3) is 5.91 Å². The number of carbonyl (C=O) groups is 3. The second kappa shape index (κ2) is 6.31. The van der Waals surface area contributed by atoms with Gasteiger partial charge in [-0.25, -0.2) is 9.59 Å². The number of hydrogen-bond donors (Lipinski definition) is 2. The minimum Gasteiger partial charge on any atom is -0.454 e. The molecule has 8 nitrogen and oxygen atoms in total. The highest BCUT2D eigenvalue weighted by molar-refractivity contribution is 6.32. The summed E-state index contributed by atoms with van der Waals surface area (Å²) in [7, 11) is 1.35. The number of rotatable bonds is 3. The SMILES string of the molecule is CNC(=O)NC(=O)COC(=O)c1cc(Cl)c2c(c1)OCO2. The largest absolute Gasteiger partial charge is 0.454 e. The van der Waals surface area contributed by atoms with Gasteiger partial charge in [-0.15, -0.1) is 0 Å². The lowest BCUT2D eigenvalue weighted by molar-refractivity contribution is -0.123. The average Bonchev–Trinajstić information content (AvgIpc) is 2.93. The van der Waals surface area contributed by atoms with E-state index >= 15 is 0 Å². The van der Waals surface area contributed by atoms with Crippen molar-refractivity contribution >= 4 is 29.5 Å². The van der Waals surface area contributed by atoms with Gasteiger partial charge in [0.2, 0.25) is 6.79 Å². The predicted octanol–water partition coefficient (Wildman–Crippen LogP) is 0.681. The number of halogens is 1. The van der Waals surface area contributed by atoms with Crippen LogP contribution in [0.2, 0.25) is 5.02 Å². The van der Waals surface area contributed by atoms with Gasteiger partial charge < -0.3 is 19.5 Å². The molecule has 0 saturated heterocycles. The molecule has 0 aliphatic carbocycles. The quantitative estimate of drug-likeness (QED) is 0.795. The van der Waals surface area contributed by atoms with E-state index in [4.69, 9.17) is 25.8 Å². The molecule has 2 N–H and O–H groups in total. The molecule has 1 aliphatic heterocycles. The fourth-order valence-corrected chi connectivity index (χ4v) is 1.79. The maximum atomic E-state index is 11.8. The Kier molecular flexibility index (Phi) is 4.49. The van der Waals surface area contributed by atoms with Crippen molar-refractivity contribution < 1.29 is 28.6 Å². The molecule has 1 aliphatic rings. The van der Waals surface area contributed by atoms with Gasteiger partial charge in [0.05, 0.1) is 10.6 Å². The predicted molar refractivity (Wildman–Crippen MR) is 70.5 cm³/mol. The highest BCUT2D eigenvalue weighted by Crippen LogP contribution is 2.39. The van der Waals surface area contributed by atoms with Crippen LogP contribution in [0.4, 0.5) is 4.79 Å². The molecule has 3 amide bonds. The minimum absolute atomic E-state index is 0.0160. The van der Waals surface area contributed by atoms with Gasteiger partial charge in [-0.3, -0.25) is 10.1 Å². The minimum atomic E-state index is -0.776. The van der Waals surface area contributed by atoms with Crippen LogP contribution in [0.1, 0.15) is 10.4 Å². The molecule has 1 aromatic carbocycles. The number of nitrogens with one attached hydrogen (secondary N) is 2. The van der Waals surface area contributed by atoms with E-state index in [0.29, 0.717) is 11.5 Å². The first kappa shape index (κ1) is 14.9. The molecule has 112 valence electrons. The maximum absolute atomic E-state index is 11.8. The number of amides is 3. The van der Waals surface area contributed by atoms with E-state index in [2.05, 4.69) is 5.32 Å². The van der Waals surface area contributed by atoms with Crippen molar-refractivity contribution in [3.05, 3.63) is 22.7 Å². The van der Waals surface area contributed by atoms with Crippen LogP contribution in [0.15, 0.2) is 12.1 Å². The number of esters is 1. The third-order valence-electron chi connectivity index (χ3n) is 2.48. The van der Waals surface area contributed by atoms with Crippen molar-refractivity contribution in [2.45, 2.75) is 0 Å². The van der Waals surface area contributed by atoms with Crippen LogP contribution in [-0.2, 0) is 9.53 Å². The van der Waals surface area contributed by atoms with E-state index in [9.17, 15) is 14.4 Å². The molecular formula is C12H11ClN2O6. The fourth-order valence-electron chi connectivity index (χ4n) is 1.52. The molecule has 1 aromatic rings. The number of fused-ring (bicyclic) bond motifs is 1. The van der Waals surface area contributed by atoms with Crippen molar-refractivity contribution in [1.82, 2.24) is 10.6 Å². The molecule has 0 unspecified atom stereocenters. The summed E-state index contributed by atoms with van der Waals surface area (Å²) in [5.74, 6) is -0.855. The molecule has 0 radical (unpaired) electrons. The van der Waals surface area contributed by atoms with Crippen molar-refractivity contribution in [3.63, 3.8) is 0 Å². The number of ether oxygens (including phenoxy) is 3. The van der Waals surface area contributed by atoms with E-state index in [1.165, 1.54) is 19.2 Å². The Morgan fingerprint density at radius 2 is 2.10 bits per heavy atom. The van der Waals surface area contributed by atoms with Crippen LogP contribution in [0.3, 0.4) is 0 Å². The topological polar surface area (TPSA) is 103 Å². The zero-order valence-corrected chi connectivity index (χ0v) is 11.7. The van der Waals surface area contributed by atoms with Crippen molar-refractivity contribution in [2.24, 2.45) is 0 Å². The van der Waals surface area contributed by atoms with Gasteiger partial charge in [-0.05, 0) is 12.1 Å². The number of imide groups is 1. The molecule has 0 aromatic heterocycles. The van der Waals surface area contributed by atoms with Gasteiger partial charge in [0.1, 0.15) is 0 Å². The molecule has 0 atom stereocenters. The lowest BCUT2D eigenvalue weighted by atomic mass is 10.2. The summed E-state index contributed by atoms with van der Waals surface area (Å²) in [6.07, 6.45) is 0. The summed E-state index contributed by atoms with van der Waals surface area (Å²) in [6, 6.07) is 2.04. The third-order valence-corrected chi connectivity index (χ3v) is 2.76. The van der Waals surface area contributed by atoms with Crippen LogP contribution in [0.25, 0.3) is 0 Å². The van der Waals surface area contributed by atoms with Crippen LogP contribution < -0.4 is 20.1 Å². The summed E-state index contributed by atoms with van der Waals surface area (Å²) in [6.45, 7) is -0.583. The third kappa shape index (κ3) is 3.54. The standard InChI is InChI=1S/C12H11ClN2O6/c1-14-12(18)15-9(16)4-19-11(17)6-2-7(13)10-8(3-6)20-5-21-10/h2-3H,4-5H2,1H3,(H2,14,15,16,18). The average molecular weight is 315 g/mol. The normalized spacial score (nSPS) is 11.7. The Labute approximate surface area is 124 Å². The second-order valence-electron chi connectivity index (χ2n) is 3.90. The smallest absolute Gasteiger partial charge is 0.338 e. The first-order valence-electron chi connectivity index (χ1n) is 5.79. The van der Waals surface area contributed by atoms with Crippen molar-refractivity contribution in [3.8, 4) is 11.5 Å². The Balaban J connectivity index is 1.97. The van der Waals surface area contributed by atoms with Gasteiger partial charge >= 0.3 is 12.0 Å². The fraction of sp³-hybridized carbons (Fsp3) is 0.250. The Morgan fingerprint density at radius 1 is 1.33 bits per heavy atom. The van der Waals surface area contributed by atoms with E-state index < -0.39 is 24.5 Å². The lowest BCUT2D eigenvalue weighted by Crippen LogP contribution is -2.39. The van der Waals surface area contributed by atoms with Crippen LogP contribution in [0, 0.1) is 0 Å². The summed E-state index contributed by atoms with van der Waals surface area (Å²) >= 11 is 5.92. The lowest BCUT2D eigenvalue weighted by Gasteiger charge is -2.06. The van der Waals surface area contributed by atoms with Crippen LogP contribution in [-0.4, -0.2) is 38.4 Å². The molecule has 0 saturated carbocycles. The first-order valence-corrected chi connectivity index (χ1v) is 6.17. The Hall–Kier alpha value is -2.48. The number of urea groups is 1. The first-order chi connectivity index (χ1) is 10.0. The summed E-state index contributed by atoms with van der Waals surface area (Å²) in [4.78, 5) is 34.0. The molecule has 21 heavy (non-hydrogen) atoms. The van der Waals surface area contributed by atoms with Crippen molar-refractivity contribution in [2.75, 3.05) is 20.4 Å². The zero-order chi connectivity index (χ0) is 15.4. The highest BCUT2D eigenvalue weighted by Gasteiger charge is 2.21. The van der Waals surface area contributed by atoms with Gasteiger partial charge in [0, 0.05) is 7.05 Å². The van der Waals surface area contributed by atoms with E-state index in [1.807, 2.05) is 5.32 Å². The number of carbonyl (C=O) groups excluding carboxylic acids is 3. The number of hydrogen-bond acceptors (Lipinski definition) is 6. The van der Waals surface area contributed by atoms with Crippen LogP contribution >= 0.6 is 11.6 Å². The van der Waals surface area contributed by atoms with Crippen LogP contribution in [0.5, 0.6) is 11.5 Å². The Morgan fingerprint density at radius 3 is 2.81 bits per heavy atom. The monoisotopic (exact) mass is 314 g/mol. The molecule has 2 rings (SSSR count). The summed E-state index contributed by atoms with van der Waals surface area (Å²) < 4.78 is 15.0. The van der Waals surface area contributed by atoms with E-state index in [1.54, 1.807) is 0 Å². The maximum Gasteiger partial charge on any atom is 0.338 e. The summed E-state index contributed by atoms with van der Waals surface area (Å²) in [5.41, 5.74) is 0.108.